The zero-order valence-electron chi connectivity index (χ0n) is 33.4. The molecule has 0 amide bonds. The van der Waals surface area contributed by atoms with Crippen LogP contribution in [0.4, 0.5) is 0 Å². The average molecular weight is 727 g/mol. The predicted molar refractivity (Wildman–Crippen MR) is 238 cm³/mol. The predicted octanol–water partition coefficient (Wildman–Crippen LogP) is 13.8. The Labute approximate surface area is 329 Å². The minimum Gasteiger partial charge on any atom is -0.354 e. The molecular weight excluding hydrogens is 681 g/mol. The van der Waals surface area contributed by atoms with Gasteiger partial charge in [-0.05, 0) is 126 Å². The summed E-state index contributed by atoms with van der Waals surface area (Å²) in [4.78, 5) is 18.8. The molecule has 0 saturated heterocycles. The molecule has 4 heteroatoms. The highest BCUT2D eigenvalue weighted by Gasteiger charge is 2.20. The number of benzene rings is 4. The molecule has 9 rings (SSSR count). The van der Waals surface area contributed by atoms with E-state index in [1.807, 2.05) is 0 Å². The molecule has 2 aliphatic rings. The number of hydrogen-bond donors (Lipinski definition) is 2. The van der Waals surface area contributed by atoms with Crippen molar-refractivity contribution in [1.82, 2.24) is 19.9 Å². The summed E-state index contributed by atoms with van der Waals surface area (Å²) in [6.07, 6.45) is 8.72. The van der Waals surface area contributed by atoms with Crippen LogP contribution in [0.5, 0.6) is 0 Å². The molecule has 3 aromatic heterocycles. The number of aromatic amines is 2. The lowest BCUT2D eigenvalue weighted by molar-refractivity contribution is 1.30. The van der Waals surface area contributed by atoms with Crippen molar-refractivity contribution >= 4 is 46.4 Å². The number of hydrogen-bond acceptors (Lipinski definition) is 2. The van der Waals surface area contributed by atoms with E-state index in [0.717, 1.165) is 89.4 Å². The van der Waals surface area contributed by atoms with Gasteiger partial charge in [0, 0.05) is 44.3 Å². The van der Waals surface area contributed by atoms with E-state index in [-0.39, 0.29) is 0 Å². The molecule has 4 nitrogen and oxygen atoms in total. The van der Waals surface area contributed by atoms with E-state index in [2.05, 4.69) is 187 Å². The molecule has 8 bridgehead atoms. The maximum atomic E-state index is 5.51. The van der Waals surface area contributed by atoms with Gasteiger partial charge in [-0.3, -0.25) is 0 Å². The molecular formula is C52H46N4. The summed E-state index contributed by atoms with van der Waals surface area (Å²) in [5.41, 5.74) is 26.2. The Morgan fingerprint density at radius 2 is 0.482 bits per heavy atom. The van der Waals surface area contributed by atoms with Gasteiger partial charge < -0.3 is 9.97 Å². The molecule has 2 aliphatic heterocycles. The first kappa shape index (κ1) is 35.2. The first-order valence-electron chi connectivity index (χ1n) is 19.5. The second kappa shape index (κ2) is 13.6. The Kier molecular flexibility index (Phi) is 8.58. The van der Waals surface area contributed by atoms with Crippen LogP contribution in [0.1, 0.15) is 67.3 Å². The fourth-order valence-corrected chi connectivity index (χ4v) is 8.90. The second-order valence-electron chi connectivity index (χ2n) is 16.0. The van der Waals surface area contributed by atoms with Crippen molar-refractivity contribution in [3.05, 3.63) is 164 Å². The third-order valence-electron chi connectivity index (χ3n) is 10.8. The van der Waals surface area contributed by atoms with Crippen molar-refractivity contribution in [3.63, 3.8) is 0 Å². The van der Waals surface area contributed by atoms with E-state index >= 15 is 0 Å². The number of aryl methyl sites for hydroxylation is 8. The van der Waals surface area contributed by atoms with E-state index in [1.54, 1.807) is 0 Å². The molecule has 0 aliphatic carbocycles. The van der Waals surface area contributed by atoms with Crippen molar-refractivity contribution in [2.45, 2.75) is 55.4 Å². The van der Waals surface area contributed by atoms with Crippen LogP contribution >= 0.6 is 0 Å². The van der Waals surface area contributed by atoms with Gasteiger partial charge in [0.1, 0.15) is 0 Å². The zero-order chi connectivity index (χ0) is 38.8. The molecule has 0 spiro atoms. The highest BCUT2D eigenvalue weighted by atomic mass is 14.8. The van der Waals surface area contributed by atoms with Gasteiger partial charge >= 0.3 is 0 Å². The average Bonchev–Trinajstić information content (AvgIpc) is 3.94. The number of fused-ring (bicyclic) bond motifs is 8. The topological polar surface area (TPSA) is 57.4 Å². The number of nitrogens with one attached hydrogen (secondary N) is 2. The Balaban J connectivity index is 1.50. The standard InChI is InChI=1S/C52H46N4/c1-29-17-30(2)22-37(21-29)49-41-9-11-43(53-41)50(38-23-31(3)18-32(4)24-38)45-13-15-47(55-45)52(40-27-35(7)20-36(8)28-40)48-16-14-46(56-48)51(44-12-10-42(49)54-44)39-25-33(5)19-34(6)26-39/h9-28,53,56H,1-8H3. The van der Waals surface area contributed by atoms with Crippen molar-refractivity contribution in [2.24, 2.45) is 0 Å². The van der Waals surface area contributed by atoms with Crippen molar-refractivity contribution in [3.8, 4) is 44.5 Å². The maximum absolute atomic E-state index is 5.51. The van der Waals surface area contributed by atoms with Gasteiger partial charge in [-0.25, -0.2) is 9.97 Å². The highest BCUT2D eigenvalue weighted by Crippen LogP contribution is 2.39. The summed E-state index contributed by atoms with van der Waals surface area (Å²) in [6.45, 7) is 17.3. The smallest absolute Gasteiger partial charge is 0.0737 e. The third-order valence-corrected chi connectivity index (χ3v) is 10.8. The summed E-state index contributed by atoms with van der Waals surface area (Å²) in [5.74, 6) is 0. The molecule has 0 radical (unpaired) electrons. The molecule has 56 heavy (non-hydrogen) atoms. The van der Waals surface area contributed by atoms with Gasteiger partial charge in [0.05, 0.1) is 22.8 Å². The molecule has 5 heterocycles. The fourth-order valence-electron chi connectivity index (χ4n) is 8.90. The summed E-state index contributed by atoms with van der Waals surface area (Å²) in [6, 6.07) is 35.9. The van der Waals surface area contributed by atoms with Gasteiger partial charge in [-0.2, -0.15) is 0 Å². The fraction of sp³-hybridized carbons (Fsp3) is 0.154. The summed E-state index contributed by atoms with van der Waals surface area (Å²) < 4.78 is 0. The van der Waals surface area contributed by atoms with Gasteiger partial charge in [0.2, 0.25) is 0 Å². The highest BCUT2D eigenvalue weighted by molar-refractivity contribution is 6.00. The molecule has 0 atom stereocenters. The SMILES string of the molecule is Cc1cc(C)cc(-c2c3nc(c(-c4cc(C)cc(C)c4)c4ccc([nH]4)c(-c4cc(C)cc(C)c4)c4nc(c(-c5cc(C)cc(C)c5)c5ccc2[nH]5)C=C4)C=C3)c1. The van der Waals surface area contributed by atoms with Crippen LogP contribution in [0, 0.1) is 55.4 Å². The number of H-pyrrole nitrogens is 2. The van der Waals surface area contributed by atoms with Gasteiger partial charge in [-0.1, -0.05) is 117 Å². The third kappa shape index (κ3) is 6.51. The minimum atomic E-state index is 0.920. The minimum absolute atomic E-state index is 0.920. The van der Waals surface area contributed by atoms with Crippen LogP contribution in [0.15, 0.2) is 97.1 Å². The van der Waals surface area contributed by atoms with Gasteiger partial charge in [-0.15, -0.1) is 0 Å². The van der Waals surface area contributed by atoms with Crippen LogP contribution in [-0.2, 0) is 0 Å². The van der Waals surface area contributed by atoms with Crippen molar-refractivity contribution < 1.29 is 0 Å². The van der Waals surface area contributed by atoms with Crippen LogP contribution in [-0.4, -0.2) is 19.9 Å². The molecule has 0 saturated carbocycles. The quantitative estimate of drug-likeness (QED) is 0.190. The second-order valence-corrected chi connectivity index (χ2v) is 16.0. The Hall–Kier alpha value is -6.52. The summed E-state index contributed by atoms with van der Waals surface area (Å²) in [5, 5.41) is 0. The van der Waals surface area contributed by atoms with Crippen molar-refractivity contribution in [1.29, 1.82) is 0 Å². The van der Waals surface area contributed by atoms with Crippen LogP contribution < -0.4 is 0 Å². The first-order chi connectivity index (χ1) is 26.9. The summed E-state index contributed by atoms with van der Waals surface area (Å²) >= 11 is 0. The molecule has 0 unspecified atom stereocenters. The Bertz CT molecular complexity index is 2520. The first-order valence-corrected chi connectivity index (χ1v) is 19.5. The van der Waals surface area contributed by atoms with E-state index in [4.69, 9.17) is 9.97 Å². The van der Waals surface area contributed by atoms with Gasteiger partial charge in [0.25, 0.3) is 0 Å². The Morgan fingerprint density at radius 3 is 0.679 bits per heavy atom. The Morgan fingerprint density at radius 1 is 0.286 bits per heavy atom. The largest absolute Gasteiger partial charge is 0.354 e. The molecule has 4 aromatic carbocycles. The molecule has 0 fully saturated rings. The molecule has 274 valence electrons. The van der Waals surface area contributed by atoms with Crippen LogP contribution in [0.3, 0.4) is 0 Å². The monoisotopic (exact) mass is 726 g/mol. The van der Waals surface area contributed by atoms with E-state index < -0.39 is 0 Å². The lowest BCUT2D eigenvalue weighted by atomic mass is 9.99. The lowest BCUT2D eigenvalue weighted by Crippen LogP contribution is -1.91. The zero-order valence-corrected chi connectivity index (χ0v) is 33.4. The normalized spacial score (nSPS) is 12.1. The van der Waals surface area contributed by atoms with Gasteiger partial charge in [0.15, 0.2) is 0 Å². The van der Waals surface area contributed by atoms with Crippen molar-refractivity contribution in [2.75, 3.05) is 0 Å². The maximum Gasteiger partial charge on any atom is 0.0737 e. The van der Waals surface area contributed by atoms with E-state index in [0.29, 0.717) is 0 Å². The summed E-state index contributed by atoms with van der Waals surface area (Å²) in [7, 11) is 0. The van der Waals surface area contributed by atoms with Crippen LogP contribution in [0.2, 0.25) is 0 Å². The lowest BCUT2D eigenvalue weighted by Gasteiger charge is -2.10. The van der Waals surface area contributed by atoms with Crippen LogP contribution in [0.25, 0.3) is 90.9 Å². The van der Waals surface area contributed by atoms with E-state index in [1.165, 1.54) is 44.5 Å². The molecule has 7 aromatic rings. The number of nitrogens with zero attached hydrogens (tertiary/aromatic N) is 2. The van der Waals surface area contributed by atoms with E-state index in [9.17, 15) is 0 Å². The number of rotatable bonds is 4. The number of aromatic nitrogens is 4. The molecule has 2 N–H and O–H groups in total.